The smallest absolute Gasteiger partial charge is 0.336 e. The zero-order valence-electron chi connectivity index (χ0n) is 12.1. The van der Waals surface area contributed by atoms with Crippen LogP contribution in [0.1, 0.15) is 47.8 Å². The number of carbonyl (C=O) groups is 3. The molecule has 0 aliphatic heterocycles. The van der Waals surface area contributed by atoms with Gasteiger partial charge in [-0.2, -0.15) is 0 Å². The quantitative estimate of drug-likeness (QED) is 0.847. The highest BCUT2D eigenvalue weighted by Crippen LogP contribution is 2.20. The van der Waals surface area contributed by atoms with E-state index in [1.165, 1.54) is 6.07 Å². The summed E-state index contributed by atoms with van der Waals surface area (Å²) in [5.74, 6) is -3.05. The van der Waals surface area contributed by atoms with E-state index >= 15 is 0 Å². The Kier molecular flexibility index (Phi) is 4.08. The van der Waals surface area contributed by atoms with Crippen LogP contribution in [-0.2, 0) is 0 Å². The first-order valence-corrected chi connectivity index (χ1v) is 6.54. The van der Waals surface area contributed by atoms with E-state index in [0.29, 0.717) is 5.56 Å². The van der Waals surface area contributed by atoms with Gasteiger partial charge in [-0.05, 0) is 37.1 Å². The third kappa shape index (κ3) is 2.74. The van der Waals surface area contributed by atoms with Crippen molar-refractivity contribution in [1.82, 2.24) is 0 Å². The number of benzene rings is 2. The Morgan fingerprint density at radius 1 is 0.818 bits per heavy atom. The number of ketones is 1. The summed E-state index contributed by atoms with van der Waals surface area (Å²) in [5.41, 5.74) is 1.48. The summed E-state index contributed by atoms with van der Waals surface area (Å²) in [6.07, 6.45) is 0. The number of rotatable bonds is 4. The van der Waals surface area contributed by atoms with Crippen molar-refractivity contribution in [2.75, 3.05) is 0 Å². The Morgan fingerprint density at radius 3 is 1.86 bits per heavy atom. The molecule has 112 valence electrons. The fraction of sp³-hybridized carbons (Fsp3) is 0.118. The van der Waals surface area contributed by atoms with Gasteiger partial charge in [0, 0.05) is 11.1 Å². The van der Waals surface area contributed by atoms with E-state index < -0.39 is 17.5 Å². The summed E-state index contributed by atoms with van der Waals surface area (Å²) < 4.78 is 0. The summed E-state index contributed by atoms with van der Waals surface area (Å²) >= 11 is 0. The molecule has 22 heavy (non-hydrogen) atoms. The van der Waals surface area contributed by atoms with Crippen LogP contribution in [0.3, 0.4) is 0 Å². The number of hydrogen-bond donors (Lipinski definition) is 2. The third-order valence-corrected chi connectivity index (χ3v) is 3.45. The predicted octanol–water partition coefficient (Wildman–Crippen LogP) is 2.93. The van der Waals surface area contributed by atoms with Gasteiger partial charge in [0.25, 0.3) is 0 Å². The van der Waals surface area contributed by atoms with Crippen molar-refractivity contribution in [2.24, 2.45) is 0 Å². The summed E-state index contributed by atoms with van der Waals surface area (Å²) in [4.78, 5) is 34.8. The first-order chi connectivity index (χ1) is 10.3. The number of hydrogen-bond acceptors (Lipinski definition) is 3. The second-order valence-corrected chi connectivity index (χ2v) is 4.97. The Balaban J connectivity index is 2.59. The van der Waals surface area contributed by atoms with Crippen LogP contribution >= 0.6 is 0 Å². The summed E-state index contributed by atoms with van der Waals surface area (Å²) in [5, 5.41) is 18.1. The van der Waals surface area contributed by atoms with Crippen LogP contribution in [0.15, 0.2) is 36.4 Å². The van der Waals surface area contributed by atoms with Gasteiger partial charge < -0.3 is 10.2 Å². The molecule has 0 fully saturated rings. The van der Waals surface area contributed by atoms with E-state index in [4.69, 9.17) is 10.2 Å². The van der Waals surface area contributed by atoms with Crippen molar-refractivity contribution in [3.05, 3.63) is 69.8 Å². The monoisotopic (exact) mass is 298 g/mol. The van der Waals surface area contributed by atoms with Crippen molar-refractivity contribution in [3.63, 3.8) is 0 Å². The molecule has 0 spiro atoms. The van der Waals surface area contributed by atoms with Gasteiger partial charge in [-0.15, -0.1) is 0 Å². The number of aromatic carboxylic acids is 2. The SMILES string of the molecule is Cc1cccc(C)c1C(=O)c1ccc(C(=O)O)c(C(=O)O)c1. The first-order valence-electron chi connectivity index (χ1n) is 6.54. The van der Waals surface area contributed by atoms with Crippen molar-refractivity contribution in [2.45, 2.75) is 13.8 Å². The highest BCUT2D eigenvalue weighted by atomic mass is 16.4. The van der Waals surface area contributed by atoms with Crippen LogP contribution in [-0.4, -0.2) is 27.9 Å². The van der Waals surface area contributed by atoms with Crippen LogP contribution < -0.4 is 0 Å². The number of aryl methyl sites for hydroxylation is 2. The maximum atomic E-state index is 12.6. The second kappa shape index (κ2) is 5.81. The number of carboxylic acid groups (broad SMARTS) is 2. The average molecular weight is 298 g/mol. The van der Waals surface area contributed by atoms with E-state index in [2.05, 4.69) is 0 Å². The lowest BCUT2D eigenvalue weighted by molar-refractivity contribution is 0.0651. The molecule has 0 unspecified atom stereocenters. The standard InChI is InChI=1S/C17H14O5/c1-9-4-3-5-10(2)14(9)15(18)11-6-7-12(16(19)20)13(8-11)17(21)22/h3-8H,1-2H3,(H,19,20)(H,21,22). The molecule has 5 heteroatoms. The second-order valence-electron chi connectivity index (χ2n) is 4.97. The van der Waals surface area contributed by atoms with Crippen molar-refractivity contribution in [1.29, 1.82) is 0 Å². The van der Waals surface area contributed by atoms with Crippen molar-refractivity contribution < 1.29 is 24.6 Å². The maximum Gasteiger partial charge on any atom is 0.336 e. The molecule has 0 saturated heterocycles. The average Bonchev–Trinajstić information content (AvgIpc) is 2.46. The molecular weight excluding hydrogens is 284 g/mol. The molecule has 0 aliphatic rings. The molecule has 2 N–H and O–H groups in total. The zero-order valence-corrected chi connectivity index (χ0v) is 12.1. The van der Waals surface area contributed by atoms with Gasteiger partial charge in [0.15, 0.2) is 5.78 Å². The molecule has 0 aromatic heterocycles. The Morgan fingerprint density at radius 2 is 1.36 bits per heavy atom. The minimum atomic E-state index is -1.38. The molecule has 0 bridgehead atoms. The topological polar surface area (TPSA) is 91.7 Å². The van der Waals surface area contributed by atoms with Crippen molar-refractivity contribution in [3.8, 4) is 0 Å². The van der Waals surface area contributed by atoms with Crippen LogP contribution in [0.2, 0.25) is 0 Å². The van der Waals surface area contributed by atoms with Gasteiger partial charge in [-0.1, -0.05) is 24.3 Å². The number of carboxylic acids is 2. The van der Waals surface area contributed by atoms with E-state index in [1.54, 1.807) is 26.0 Å². The van der Waals surface area contributed by atoms with Gasteiger partial charge in [-0.3, -0.25) is 4.79 Å². The molecule has 0 saturated carbocycles. The molecule has 5 nitrogen and oxygen atoms in total. The van der Waals surface area contributed by atoms with Crippen molar-refractivity contribution >= 4 is 17.7 Å². The zero-order chi connectivity index (χ0) is 16.4. The predicted molar refractivity (Wildman–Crippen MR) is 79.7 cm³/mol. The fourth-order valence-corrected chi connectivity index (χ4v) is 2.37. The van der Waals surface area contributed by atoms with Gasteiger partial charge in [0.1, 0.15) is 0 Å². The van der Waals surface area contributed by atoms with Gasteiger partial charge >= 0.3 is 11.9 Å². The molecule has 2 rings (SSSR count). The van der Waals surface area contributed by atoms with E-state index in [1.807, 2.05) is 6.07 Å². The normalized spacial score (nSPS) is 10.3. The molecule has 2 aromatic carbocycles. The van der Waals surface area contributed by atoms with Crippen LogP contribution in [0.4, 0.5) is 0 Å². The van der Waals surface area contributed by atoms with Crippen LogP contribution in [0, 0.1) is 13.8 Å². The van der Waals surface area contributed by atoms with Gasteiger partial charge in [-0.25, -0.2) is 9.59 Å². The summed E-state index contributed by atoms with van der Waals surface area (Å²) in [7, 11) is 0. The minimum Gasteiger partial charge on any atom is -0.478 e. The molecule has 0 heterocycles. The highest BCUT2D eigenvalue weighted by Gasteiger charge is 2.20. The molecule has 0 radical (unpaired) electrons. The minimum absolute atomic E-state index is 0.153. The van der Waals surface area contributed by atoms with Crippen LogP contribution in [0.25, 0.3) is 0 Å². The van der Waals surface area contributed by atoms with E-state index in [-0.39, 0.29) is 16.9 Å². The largest absolute Gasteiger partial charge is 0.478 e. The molecule has 2 aromatic rings. The fourth-order valence-electron chi connectivity index (χ4n) is 2.37. The lowest BCUT2D eigenvalue weighted by atomic mass is 9.93. The number of carbonyl (C=O) groups excluding carboxylic acids is 1. The third-order valence-electron chi connectivity index (χ3n) is 3.45. The highest BCUT2D eigenvalue weighted by molar-refractivity contribution is 6.12. The van der Waals surface area contributed by atoms with Gasteiger partial charge in [0.2, 0.25) is 0 Å². The Bertz CT molecular complexity index is 769. The molecular formula is C17H14O5. The Hall–Kier alpha value is -2.95. The van der Waals surface area contributed by atoms with Gasteiger partial charge in [0.05, 0.1) is 11.1 Å². The molecule has 0 aliphatic carbocycles. The van der Waals surface area contributed by atoms with E-state index in [0.717, 1.165) is 23.3 Å². The lowest BCUT2D eigenvalue weighted by Crippen LogP contribution is -2.12. The first kappa shape index (κ1) is 15.4. The molecule has 0 amide bonds. The lowest BCUT2D eigenvalue weighted by Gasteiger charge is -2.10. The Labute approximate surface area is 126 Å². The maximum absolute atomic E-state index is 12.6. The molecule has 0 atom stereocenters. The van der Waals surface area contributed by atoms with E-state index in [9.17, 15) is 14.4 Å². The summed E-state index contributed by atoms with van der Waals surface area (Å²) in [6, 6.07) is 9.02. The summed E-state index contributed by atoms with van der Waals surface area (Å²) in [6.45, 7) is 3.59. The van der Waals surface area contributed by atoms with Crippen LogP contribution in [0.5, 0.6) is 0 Å².